The summed E-state index contributed by atoms with van der Waals surface area (Å²) in [5.41, 5.74) is 3.75. The Morgan fingerprint density at radius 2 is 1.72 bits per heavy atom. The highest BCUT2D eigenvalue weighted by Crippen LogP contribution is 2.59. The standard InChI is InChI=1S/C29H31F2N7O4S/c30-29(31)22-16-37(17-23(22)29)25-14-18(13-20-3-8-32-38(20)25)26-33-34-27(42-26)21-2-1-19(35-43(40,41)12-11-39)15-24(21)36-9-6-28(4-5-28)7-10-36/h1-3,8,13-15,22-23,35,39H,4-7,9-12,16-17H2. The van der Waals surface area contributed by atoms with Crippen LogP contribution in [0.25, 0.3) is 28.4 Å². The van der Waals surface area contributed by atoms with Crippen molar-refractivity contribution in [1.29, 1.82) is 0 Å². The maximum Gasteiger partial charge on any atom is 0.258 e. The van der Waals surface area contributed by atoms with Crippen molar-refractivity contribution >= 4 is 32.7 Å². The van der Waals surface area contributed by atoms with E-state index < -0.39 is 40.1 Å². The van der Waals surface area contributed by atoms with Crippen LogP contribution in [0.15, 0.2) is 47.0 Å². The molecule has 226 valence electrons. The van der Waals surface area contributed by atoms with Crippen molar-refractivity contribution < 1.29 is 26.7 Å². The molecule has 2 N–H and O–H groups in total. The van der Waals surface area contributed by atoms with Crippen LogP contribution < -0.4 is 14.5 Å². The molecule has 8 rings (SSSR count). The summed E-state index contributed by atoms with van der Waals surface area (Å²) >= 11 is 0. The number of pyridine rings is 1. The maximum absolute atomic E-state index is 13.9. The molecule has 2 saturated heterocycles. The van der Waals surface area contributed by atoms with Gasteiger partial charge in [-0.3, -0.25) is 4.72 Å². The summed E-state index contributed by atoms with van der Waals surface area (Å²) in [6, 6.07) is 10.8. The molecule has 2 atom stereocenters. The van der Waals surface area contributed by atoms with Gasteiger partial charge in [0.25, 0.3) is 5.92 Å². The molecule has 3 aromatic heterocycles. The highest BCUT2D eigenvalue weighted by Gasteiger charge is 2.71. The number of aliphatic hydroxyl groups excluding tert-OH is 1. The average molecular weight is 612 g/mol. The largest absolute Gasteiger partial charge is 0.416 e. The van der Waals surface area contributed by atoms with Crippen LogP contribution in [0.3, 0.4) is 0 Å². The van der Waals surface area contributed by atoms with Crippen molar-refractivity contribution in [1.82, 2.24) is 19.8 Å². The highest BCUT2D eigenvalue weighted by atomic mass is 32.2. The lowest BCUT2D eigenvalue weighted by Crippen LogP contribution is -2.34. The lowest BCUT2D eigenvalue weighted by molar-refractivity contribution is 0.0796. The van der Waals surface area contributed by atoms with Gasteiger partial charge in [-0.15, -0.1) is 10.2 Å². The van der Waals surface area contributed by atoms with Crippen molar-refractivity contribution in [3.63, 3.8) is 0 Å². The van der Waals surface area contributed by atoms with Crippen LogP contribution >= 0.6 is 0 Å². The number of hydrogen-bond donors (Lipinski definition) is 2. The molecule has 1 spiro atoms. The van der Waals surface area contributed by atoms with Crippen LogP contribution in [0.4, 0.5) is 26.0 Å². The lowest BCUT2D eigenvalue weighted by atomic mass is 9.93. The molecule has 1 aromatic carbocycles. The topological polar surface area (TPSA) is 129 Å². The molecule has 2 saturated carbocycles. The van der Waals surface area contributed by atoms with Gasteiger partial charge in [-0.25, -0.2) is 21.7 Å². The van der Waals surface area contributed by atoms with Crippen LogP contribution in [-0.4, -0.2) is 77.8 Å². The highest BCUT2D eigenvalue weighted by molar-refractivity contribution is 7.92. The molecule has 43 heavy (non-hydrogen) atoms. The van der Waals surface area contributed by atoms with E-state index in [1.165, 1.54) is 12.8 Å². The van der Waals surface area contributed by atoms with E-state index in [-0.39, 0.29) is 19.0 Å². The Kier molecular flexibility index (Phi) is 5.84. The van der Waals surface area contributed by atoms with Gasteiger partial charge < -0.3 is 19.3 Å². The number of piperidine rings is 2. The zero-order chi connectivity index (χ0) is 29.6. The molecular formula is C29H31F2N7O4S. The smallest absolute Gasteiger partial charge is 0.258 e. The Morgan fingerprint density at radius 3 is 2.44 bits per heavy atom. The number of nitrogens with zero attached hydrogens (tertiary/aromatic N) is 6. The number of sulfonamides is 1. The van der Waals surface area contributed by atoms with Gasteiger partial charge in [0.15, 0.2) is 0 Å². The van der Waals surface area contributed by atoms with Gasteiger partial charge in [0.05, 0.1) is 52.8 Å². The van der Waals surface area contributed by atoms with Crippen LogP contribution in [-0.2, 0) is 10.0 Å². The van der Waals surface area contributed by atoms with E-state index in [1.54, 1.807) is 28.9 Å². The van der Waals surface area contributed by atoms with E-state index in [0.29, 0.717) is 33.9 Å². The molecule has 2 aliphatic heterocycles. The van der Waals surface area contributed by atoms with Gasteiger partial charge in [0.2, 0.25) is 21.8 Å². The fraction of sp³-hybridized carbons (Fsp3) is 0.483. The van der Waals surface area contributed by atoms with Gasteiger partial charge in [-0.2, -0.15) is 5.10 Å². The number of aromatic nitrogens is 4. The number of alkyl halides is 2. The molecule has 0 amide bonds. The molecule has 4 aromatic rings. The van der Waals surface area contributed by atoms with Crippen LogP contribution in [0.5, 0.6) is 0 Å². The van der Waals surface area contributed by atoms with Crippen LogP contribution in [0, 0.1) is 17.3 Å². The summed E-state index contributed by atoms with van der Waals surface area (Å²) in [6.07, 6.45) is 6.32. The predicted molar refractivity (Wildman–Crippen MR) is 156 cm³/mol. The monoisotopic (exact) mass is 611 g/mol. The SMILES string of the molecule is O=S(=O)(CCO)Nc1ccc(-c2nnc(-c3cc(N4CC5C(C4)C5(F)F)n4nccc4c3)o2)c(N2CCC3(CC2)CC3)c1. The molecule has 4 aliphatic rings. The summed E-state index contributed by atoms with van der Waals surface area (Å²) in [7, 11) is -3.70. The van der Waals surface area contributed by atoms with E-state index in [2.05, 4.69) is 24.9 Å². The number of rotatable bonds is 8. The Morgan fingerprint density at radius 1 is 0.977 bits per heavy atom. The van der Waals surface area contributed by atoms with E-state index >= 15 is 0 Å². The quantitative estimate of drug-likeness (QED) is 0.305. The number of halogens is 2. The van der Waals surface area contributed by atoms with Crippen molar-refractivity contribution in [3.8, 4) is 22.9 Å². The lowest BCUT2D eigenvalue weighted by Gasteiger charge is -2.35. The van der Waals surface area contributed by atoms with Crippen LogP contribution in [0.2, 0.25) is 0 Å². The Hall–Kier alpha value is -3.78. The van der Waals surface area contributed by atoms with Crippen molar-refractivity contribution in [2.75, 3.05) is 53.1 Å². The van der Waals surface area contributed by atoms with Gasteiger partial charge in [-0.05, 0) is 67.5 Å². The minimum absolute atomic E-state index is 0.264. The molecule has 4 fully saturated rings. The zero-order valence-corrected chi connectivity index (χ0v) is 24.1. The summed E-state index contributed by atoms with van der Waals surface area (Å²) in [6.45, 7) is 1.72. The summed E-state index contributed by atoms with van der Waals surface area (Å²) in [5, 5.41) is 22.3. The first-order valence-corrected chi connectivity index (χ1v) is 16.3. The average Bonchev–Trinajstić information content (AvgIpc) is 3.50. The second kappa shape index (κ2) is 9.36. The van der Waals surface area contributed by atoms with Crippen molar-refractivity contribution in [2.45, 2.75) is 31.6 Å². The minimum Gasteiger partial charge on any atom is -0.416 e. The molecule has 0 radical (unpaired) electrons. The maximum atomic E-state index is 13.9. The molecule has 11 nitrogen and oxygen atoms in total. The molecule has 5 heterocycles. The summed E-state index contributed by atoms with van der Waals surface area (Å²) < 4.78 is 63.1. The normalized spacial score (nSPS) is 23.6. The fourth-order valence-corrected chi connectivity index (χ4v) is 7.62. The van der Waals surface area contributed by atoms with Gasteiger partial charge in [0, 0.05) is 31.7 Å². The number of fused-ring (bicyclic) bond motifs is 2. The van der Waals surface area contributed by atoms with Gasteiger partial charge in [0.1, 0.15) is 5.82 Å². The summed E-state index contributed by atoms with van der Waals surface area (Å²) in [5.74, 6) is -2.97. The molecule has 14 heteroatoms. The second-order valence-corrected chi connectivity index (χ2v) is 14.2. The molecule has 0 bridgehead atoms. The first-order chi connectivity index (χ1) is 20.6. The zero-order valence-electron chi connectivity index (χ0n) is 23.3. The van der Waals surface area contributed by atoms with Gasteiger partial charge >= 0.3 is 0 Å². The summed E-state index contributed by atoms with van der Waals surface area (Å²) in [4.78, 5) is 4.17. The molecule has 2 unspecified atom stereocenters. The minimum atomic E-state index is -3.70. The van der Waals surface area contributed by atoms with Crippen LogP contribution in [0.1, 0.15) is 25.7 Å². The Bertz CT molecular complexity index is 1810. The number of aliphatic hydroxyl groups is 1. The van der Waals surface area contributed by atoms with E-state index in [0.717, 1.165) is 37.1 Å². The fourth-order valence-electron chi connectivity index (χ4n) is 6.80. The third-order valence-corrected chi connectivity index (χ3v) is 10.9. The van der Waals surface area contributed by atoms with E-state index in [9.17, 15) is 17.2 Å². The number of benzene rings is 1. The van der Waals surface area contributed by atoms with Crippen molar-refractivity contribution in [3.05, 3.63) is 42.6 Å². The first kappa shape index (κ1) is 26.8. The second-order valence-electron chi connectivity index (χ2n) is 12.3. The Labute approximate surface area is 246 Å². The first-order valence-electron chi connectivity index (χ1n) is 14.6. The van der Waals surface area contributed by atoms with Crippen molar-refractivity contribution in [2.24, 2.45) is 17.3 Å². The van der Waals surface area contributed by atoms with Gasteiger partial charge in [-0.1, -0.05) is 0 Å². The third kappa shape index (κ3) is 4.62. The third-order valence-electron chi connectivity index (χ3n) is 9.66. The van der Waals surface area contributed by atoms with E-state index in [4.69, 9.17) is 9.52 Å². The number of nitrogens with one attached hydrogen (secondary N) is 1. The number of hydrogen-bond acceptors (Lipinski definition) is 9. The Balaban J connectivity index is 1.13. The number of anilines is 3. The molecule has 2 aliphatic carbocycles. The molecular weight excluding hydrogens is 580 g/mol. The predicted octanol–water partition coefficient (Wildman–Crippen LogP) is 3.87. The van der Waals surface area contributed by atoms with E-state index in [1.807, 2.05) is 23.1 Å².